The molecule has 16 rings (SSSR count). The number of nitrogens with zero attached hydrogens (tertiary/aromatic N) is 11. The molecule has 15 nitrogen and oxygen atoms in total. The lowest BCUT2D eigenvalue weighted by molar-refractivity contribution is 0.469. The minimum absolute atomic E-state index is 0.129. The SMILES string of the molecule is CNC(C)(C1=Cc2c(nc(C)c(C#N)c2C)C1)c1c(C)c(C)c(C)c2[nH]ccc12.CNC(C)(C1=Cc2c(nc(C)c(C#N)c2C)C1)c1c(C)c(C)c(C)c2c1ccn2C.Cc1nc2c(c(C)c1C#N)C=C(C(C)(C)c1c(C)c(C)c(C)c3c1ccn3C)C2.Cc1nc2c(c(C)c1C#N)C=C(C(C)(N)c1c(C)c(C)c(C)c3c1ccn3C)C2. The molecular weight excluding hydrogens is 1440 g/mol. The average Bonchev–Trinajstić information content (AvgIpc) is 1.63. The molecule has 4 aromatic carbocycles. The van der Waals surface area contributed by atoms with Gasteiger partial charge in [0.2, 0.25) is 0 Å². The lowest BCUT2D eigenvalue weighted by Crippen LogP contribution is -2.40. The molecule has 0 aliphatic heterocycles. The Hall–Kier alpha value is -11.6. The molecule has 4 aliphatic rings. The van der Waals surface area contributed by atoms with Crippen molar-refractivity contribution in [1.82, 2.24) is 49.3 Å². The van der Waals surface area contributed by atoms with Crippen molar-refractivity contribution in [2.24, 2.45) is 26.9 Å². The highest BCUT2D eigenvalue weighted by Gasteiger charge is 2.42. The summed E-state index contributed by atoms with van der Waals surface area (Å²) in [4.78, 5) is 22.5. The summed E-state index contributed by atoms with van der Waals surface area (Å²) in [7, 11) is 10.4. The second-order valence-electron chi connectivity index (χ2n) is 35.0. The highest BCUT2D eigenvalue weighted by Crippen LogP contribution is 2.50. The Labute approximate surface area is 692 Å². The molecule has 0 radical (unpaired) electrons. The minimum atomic E-state index is -0.629. The van der Waals surface area contributed by atoms with E-state index in [2.05, 4.69) is 267 Å². The van der Waals surface area contributed by atoms with Crippen LogP contribution in [-0.2, 0) is 68.9 Å². The molecule has 8 aromatic heterocycles. The van der Waals surface area contributed by atoms with Crippen molar-refractivity contribution in [3.63, 3.8) is 0 Å². The molecule has 0 saturated heterocycles. The van der Waals surface area contributed by atoms with E-state index in [0.29, 0.717) is 22.3 Å². The third kappa shape index (κ3) is 12.9. The number of nitriles is 4. The lowest BCUT2D eigenvalue weighted by atomic mass is 9.72. The molecule has 3 unspecified atom stereocenters. The molecule has 0 bridgehead atoms. The van der Waals surface area contributed by atoms with Crippen molar-refractivity contribution in [3.05, 3.63) is 273 Å². The summed E-state index contributed by atoms with van der Waals surface area (Å²) in [5, 5.41) is 50.6. The summed E-state index contributed by atoms with van der Waals surface area (Å²) in [6, 6.07) is 18.2. The number of hydrogen-bond donors (Lipinski definition) is 4. The lowest BCUT2D eigenvalue weighted by Gasteiger charge is -2.35. The number of rotatable bonds is 10. The number of pyridine rings is 4. The van der Waals surface area contributed by atoms with E-state index in [1.165, 1.54) is 149 Å². The van der Waals surface area contributed by atoms with E-state index < -0.39 is 5.54 Å². The van der Waals surface area contributed by atoms with Crippen molar-refractivity contribution in [2.75, 3.05) is 14.1 Å². The van der Waals surface area contributed by atoms with Gasteiger partial charge in [-0.3, -0.25) is 19.9 Å². The molecule has 12 aromatic rings. The van der Waals surface area contributed by atoms with Gasteiger partial charge in [0, 0.05) is 126 Å². The maximum Gasteiger partial charge on any atom is 0.101 e. The molecular formula is C102H115N15. The van der Waals surface area contributed by atoms with Gasteiger partial charge in [-0.05, 0) is 326 Å². The monoisotopic (exact) mass is 1550 g/mol. The first kappa shape index (κ1) is 83.4. The number of aromatic nitrogens is 8. The van der Waals surface area contributed by atoms with Crippen LogP contribution in [0.5, 0.6) is 0 Å². The first-order valence-electron chi connectivity index (χ1n) is 40.9. The van der Waals surface area contributed by atoms with Gasteiger partial charge in [0.15, 0.2) is 0 Å². The Morgan fingerprint density at radius 1 is 0.350 bits per heavy atom. The third-order valence-corrected chi connectivity index (χ3v) is 28.6. The minimum Gasteiger partial charge on any atom is -0.361 e. The Morgan fingerprint density at radius 3 is 0.983 bits per heavy atom. The van der Waals surface area contributed by atoms with Crippen molar-refractivity contribution in [1.29, 1.82) is 21.0 Å². The fraction of sp³-hybridized carbons (Fsp3) is 0.373. The van der Waals surface area contributed by atoms with Crippen LogP contribution in [0.25, 0.3) is 67.9 Å². The zero-order valence-corrected chi connectivity index (χ0v) is 74.8. The Bertz CT molecular complexity index is 6430. The van der Waals surface area contributed by atoms with Crippen LogP contribution in [0.1, 0.15) is 236 Å². The third-order valence-electron chi connectivity index (χ3n) is 28.6. The quantitative estimate of drug-likeness (QED) is 0.101. The predicted molar refractivity (Wildman–Crippen MR) is 482 cm³/mol. The topological polar surface area (TPSA) is 227 Å². The number of benzene rings is 4. The van der Waals surface area contributed by atoms with E-state index in [0.717, 1.165) is 121 Å². The van der Waals surface area contributed by atoms with Crippen molar-refractivity contribution in [3.8, 4) is 24.3 Å². The Kier molecular flexibility index (Phi) is 21.5. The second kappa shape index (κ2) is 30.2. The number of nitrogens with two attached hydrogens (primary N) is 1. The number of aryl methyl sites for hydroxylation is 11. The van der Waals surface area contributed by atoms with Crippen molar-refractivity contribution >= 4 is 67.9 Å². The molecule has 117 heavy (non-hydrogen) atoms. The summed E-state index contributed by atoms with van der Waals surface area (Å²) >= 11 is 0. The van der Waals surface area contributed by atoms with Crippen LogP contribution in [0.4, 0.5) is 0 Å². The molecule has 0 saturated carbocycles. The Balaban J connectivity index is 0.000000135. The first-order chi connectivity index (χ1) is 55.1. The van der Waals surface area contributed by atoms with Crippen LogP contribution >= 0.6 is 0 Å². The van der Waals surface area contributed by atoms with Crippen LogP contribution < -0.4 is 16.4 Å². The molecule has 15 heteroatoms. The molecule has 0 spiro atoms. The van der Waals surface area contributed by atoms with Crippen LogP contribution in [-0.4, -0.2) is 52.7 Å². The van der Waals surface area contributed by atoms with E-state index in [9.17, 15) is 21.0 Å². The van der Waals surface area contributed by atoms with E-state index in [1.807, 2.05) is 68.8 Å². The zero-order valence-electron chi connectivity index (χ0n) is 74.8. The van der Waals surface area contributed by atoms with Gasteiger partial charge in [-0.2, -0.15) is 21.0 Å². The van der Waals surface area contributed by atoms with Crippen LogP contribution in [0, 0.1) is 184 Å². The number of hydrogen-bond acceptors (Lipinski definition) is 11. The van der Waals surface area contributed by atoms with Crippen LogP contribution in [0.15, 0.2) is 71.3 Å². The van der Waals surface area contributed by atoms with Gasteiger partial charge in [-0.15, -0.1) is 0 Å². The van der Waals surface area contributed by atoms with Crippen molar-refractivity contribution in [2.45, 2.75) is 221 Å². The molecule has 598 valence electrons. The standard InChI is InChI=1S/C26H30N4.C26H29N3.2C25H28N4/c1-14-15(2)24(20-9-10-30(8)25(20)16(14)3)26(6,28-7)19-11-21-17(4)22(13-27)18(5)29-23(21)12-19;1-14-15(2)24(20-9-10-29(8)25(20)16(14)3)26(6,7)19-11-21-17(4)22(13-27)18(5)28-23(21)12-19;1-13-14(2)23(19-8-9-29(7)24(19)15(13)3)25(6,27)18-10-20-16(4)21(12-26)17(5)28-22(20)11-18;1-13-14(2)23(19-8-9-28-24(19)15(13)3)25(6,27-7)18-10-20-16(4)21(12-26)17(5)29-22(20)11-18/h9-11,28H,12H2,1-8H3;9-11H,12H2,1-8H3;8-10H,11,27H2,1-7H3;8-10,27-28H,11H2,1-7H3. The Morgan fingerprint density at radius 2 is 0.632 bits per heavy atom. The number of likely N-dealkylation sites (N-methyl/N-ethyl adjacent to an activating group) is 2. The number of fused-ring (bicyclic) bond motifs is 8. The zero-order chi connectivity index (χ0) is 85.5. The second-order valence-corrected chi connectivity index (χ2v) is 35.0. The van der Waals surface area contributed by atoms with Gasteiger partial charge < -0.3 is 35.1 Å². The predicted octanol–water partition coefficient (Wildman–Crippen LogP) is 20.8. The maximum atomic E-state index is 9.57. The van der Waals surface area contributed by atoms with Gasteiger partial charge in [0.1, 0.15) is 24.3 Å². The maximum absolute atomic E-state index is 9.57. The number of aromatic amines is 1. The number of nitrogens with one attached hydrogen (secondary N) is 3. The average molecular weight is 1550 g/mol. The van der Waals surface area contributed by atoms with Gasteiger partial charge in [0.25, 0.3) is 0 Å². The summed E-state index contributed by atoms with van der Waals surface area (Å²) in [6.07, 6.45) is 20.6. The smallest absolute Gasteiger partial charge is 0.101 e. The van der Waals surface area contributed by atoms with Gasteiger partial charge in [-0.25, -0.2) is 0 Å². The van der Waals surface area contributed by atoms with Gasteiger partial charge in [0.05, 0.1) is 101 Å². The molecule has 5 N–H and O–H groups in total. The molecule has 3 atom stereocenters. The summed E-state index contributed by atoms with van der Waals surface area (Å²) in [6.45, 7) is 53.8. The highest BCUT2D eigenvalue weighted by molar-refractivity contribution is 5.95. The van der Waals surface area contributed by atoms with Gasteiger partial charge >= 0.3 is 0 Å². The molecule has 4 aliphatic carbocycles. The number of H-pyrrole nitrogens is 1. The number of allylic oxidation sites excluding steroid dienone is 1. The van der Waals surface area contributed by atoms with E-state index >= 15 is 0 Å². The fourth-order valence-corrected chi connectivity index (χ4v) is 20.6. The van der Waals surface area contributed by atoms with Crippen LogP contribution in [0.2, 0.25) is 0 Å². The summed E-state index contributed by atoms with van der Waals surface area (Å²) in [5.74, 6) is 0. The van der Waals surface area contributed by atoms with E-state index in [4.69, 9.17) is 25.7 Å². The first-order valence-corrected chi connectivity index (χ1v) is 40.9. The van der Waals surface area contributed by atoms with Gasteiger partial charge in [-0.1, -0.05) is 43.7 Å². The molecule has 0 amide bonds. The van der Waals surface area contributed by atoms with E-state index in [-0.39, 0.29) is 16.5 Å². The van der Waals surface area contributed by atoms with Crippen molar-refractivity contribution < 1.29 is 0 Å². The fourth-order valence-electron chi connectivity index (χ4n) is 20.6. The molecule has 8 heterocycles. The molecule has 0 fully saturated rings. The van der Waals surface area contributed by atoms with E-state index in [1.54, 1.807) is 0 Å². The normalized spacial score (nSPS) is 14.8. The largest absolute Gasteiger partial charge is 0.361 e. The summed E-state index contributed by atoms with van der Waals surface area (Å²) in [5.41, 5.74) is 55.9. The van der Waals surface area contributed by atoms with Crippen LogP contribution in [0.3, 0.4) is 0 Å². The summed E-state index contributed by atoms with van der Waals surface area (Å²) < 4.78 is 6.65. The highest BCUT2D eigenvalue weighted by atomic mass is 15.0.